The maximum atomic E-state index is 13.4. The van der Waals surface area contributed by atoms with Gasteiger partial charge in [-0.15, -0.1) is 0 Å². The van der Waals surface area contributed by atoms with Crippen LogP contribution in [0.5, 0.6) is 0 Å². The van der Waals surface area contributed by atoms with Gasteiger partial charge in [0.25, 0.3) is 11.8 Å². The highest BCUT2D eigenvalue weighted by Gasteiger charge is 2.29. The van der Waals surface area contributed by atoms with Gasteiger partial charge in [-0.3, -0.25) is 24.1 Å². The van der Waals surface area contributed by atoms with Crippen LogP contribution in [0.25, 0.3) is 0 Å². The smallest absolute Gasteiger partial charge is 0.407 e. The number of imide groups is 1. The minimum Gasteiger partial charge on any atom is -0.464 e. The van der Waals surface area contributed by atoms with E-state index in [1.807, 2.05) is 33.8 Å². The van der Waals surface area contributed by atoms with Gasteiger partial charge >= 0.3 is 12.1 Å². The van der Waals surface area contributed by atoms with Gasteiger partial charge in [-0.05, 0) is 36.7 Å². The molecule has 5 amide bonds. The fourth-order valence-corrected chi connectivity index (χ4v) is 3.89. The number of amides is 5. The summed E-state index contributed by atoms with van der Waals surface area (Å²) < 4.78 is 10.4. The van der Waals surface area contributed by atoms with E-state index in [9.17, 15) is 28.8 Å². The van der Waals surface area contributed by atoms with Crippen molar-refractivity contribution in [2.45, 2.75) is 65.5 Å². The molecule has 42 heavy (non-hydrogen) atoms. The highest BCUT2D eigenvalue weighted by molar-refractivity contribution is 6.12. The maximum Gasteiger partial charge on any atom is 0.407 e. The second-order valence-electron chi connectivity index (χ2n) is 10.9. The monoisotopic (exact) mass is 586 g/mol. The van der Waals surface area contributed by atoms with E-state index in [1.165, 1.54) is 12.2 Å². The van der Waals surface area contributed by atoms with Crippen molar-refractivity contribution in [2.24, 2.45) is 11.8 Å². The van der Waals surface area contributed by atoms with Crippen LogP contribution in [0, 0.1) is 11.8 Å². The van der Waals surface area contributed by atoms with Gasteiger partial charge < -0.3 is 25.4 Å². The molecule has 1 aliphatic rings. The number of unbranched alkanes of at least 4 members (excludes halogenated alkanes) is 1. The standard InChI is InChI=1S/C30H42N4O8/c1-20(2)18-41-29(39)23(12-8-9-15-34-26(36)13-14-27(34)37)33-28(38)24(16-22-10-6-5-7-11-22)32-25(35)17-31-30(40)42-19-21(3)4/h5-7,10-11,13-14,20-21,23-24H,8-9,12,15-19H2,1-4H3,(H,31,40)(H,32,35)(H,33,38)/t23-,24-/m0/s1. The number of benzene rings is 1. The first kappa shape index (κ1) is 34.0. The van der Waals surface area contributed by atoms with Gasteiger partial charge in [0.1, 0.15) is 18.6 Å². The number of hydrogen-bond donors (Lipinski definition) is 3. The van der Waals surface area contributed by atoms with Crippen LogP contribution in [0.3, 0.4) is 0 Å². The van der Waals surface area contributed by atoms with E-state index in [0.717, 1.165) is 10.5 Å². The molecule has 0 aromatic heterocycles. The van der Waals surface area contributed by atoms with Crippen molar-refractivity contribution in [3.63, 3.8) is 0 Å². The molecule has 0 aliphatic carbocycles. The Bertz CT molecular complexity index is 1100. The zero-order valence-electron chi connectivity index (χ0n) is 24.7. The van der Waals surface area contributed by atoms with E-state index < -0.39 is 42.5 Å². The van der Waals surface area contributed by atoms with Crippen LogP contribution in [0.1, 0.15) is 52.5 Å². The number of ether oxygens (including phenoxy) is 2. The van der Waals surface area contributed by atoms with Crippen molar-refractivity contribution >= 4 is 35.7 Å². The summed E-state index contributed by atoms with van der Waals surface area (Å²) in [5, 5.41) is 7.70. The summed E-state index contributed by atoms with van der Waals surface area (Å²) >= 11 is 0. The first-order chi connectivity index (χ1) is 20.0. The molecule has 1 aromatic carbocycles. The van der Waals surface area contributed by atoms with Crippen LogP contribution in [-0.2, 0) is 39.9 Å². The average Bonchev–Trinajstić information content (AvgIpc) is 3.27. The van der Waals surface area contributed by atoms with Gasteiger partial charge in [0, 0.05) is 25.1 Å². The van der Waals surface area contributed by atoms with Gasteiger partial charge in [-0.2, -0.15) is 0 Å². The average molecular weight is 587 g/mol. The highest BCUT2D eigenvalue weighted by atomic mass is 16.5. The van der Waals surface area contributed by atoms with E-state index >= 15 is 0 Å². The molecule has 0 unspecified atom stereocenters. The summed E-state index contributed by atoms with van der Waals surface area (Å²) in [7, 11) is 0. The third kappa shape index (κ3) is 12.5. The summed E-state index contributed by atoms with van der Waals surface area (Å²) in [4.78, 5) is 75.6. The number of hydrogen-bond acceptors (Lipinski definition) is 8. The molecule has 0 spiro atoms. The minimum absolute atomic E-state index is 0.0786. The molecule has 230 valence electrons. The molecule has 12 heteroatoms. The number of esters is 1. The lowest BCUT2D eigenvalue weighted by molar-refractivity contribution is -0.149. The molecule has 2 rings (SSSR count). The molecule has 0 bridgehead atoms. The fraction of sp³-hybridized carbons (Fsp3) is 0.533. The lowest BCUT2D eigenvalue weighted by atomic mass is 10.0. The van der Waals surface area contributed by atoms with Crippen LogP contribution in [0.15, 0.2) is 42.5 Å². The molecule has 1 heterocycles. The number of carbonyl (C=O) groups is 6. The van der Waals surface area contributed by atoms with Crippen molar-refractivity contribution in [1.82, 2.24) is 20.9 Å². The van der Waals surface area contributed by atoms with Crippen LogP contribution < -0.4 is 16.0 Å². The largest absolute Gasteiger partial charge is 0.464 e. The minimum atomic E-state index is -1.06. The number of alkyl carbamates (subject to hydrolysis) is 1. The summed E-state index contributed by atoms with van der Waals surface area (Å²) in [6.07, 6.45) is 2.84. The van der Waals surface area contributed by atoms with Crippen molar-refractivity contribution in [2.75, 3.05) is 26.3 Å². The molecule has 0 saturated carbocycles. The van der Waals surface area contributed by atoms with Gasteiger partial charge in [0.05, 0.1) is 13.2 Å². The Balaban J connectivity index is 2.06. The molecule has 0 saturated heterocycles. The second kappa shape index (κ2) is 17.6. The van der Waals surface area contributed by atoms with Crippen molar-refractivity contribution in [3.8, 4) is 0 Å². The molecule has 1 aromatic rings. The van der Waals surface area contributed by atoms with E-state index in [4.69, 9.17) is 9.47 Å². The molecule has 3 N–H and O–H groups in total. The quantitative estimate of drug-likeness (QED) is 0.142. The lowest BCUT2D eigenvalue weighted by Gasteiger charge is -2.23. The second-order valence-corrected chi connectivity index (χ2v) is 10.9. The predicted molar refractivity (Wildman–Crippen MR) is 154 cm³/mol. The number of nitrogens with one attached hydrogen (secondary N) is 3. The Morgan fingerprint density at radius 1 is 0.810 bits per heavy atom. The predicted octanol–water partition coefficient (Wildman–Crippen LogP) is 1.88. The summed E-state index contributed by atoms with van der Waals surface area (Å²) in [6.45, 7) is 7.67. The zero-order chi connectivity index (χ0) is 31.1. The van der Waals surface area contributed by atoms with Gasteiger partial charge in [-0.1, -0.05) is 58.0 Å². The van der Waals surface area contributed by atoms with Crippen LogP contribution >= 0.6 is 0 Å². The first-order valence-corrected chi connectivity index (χ1v) is 14.2. The Morgan fingerprint density at radius 2 is 1.43 bits per heavy atom. The van der Waals surface area contributed by atoms with Gasteiger partial charge in [-0.25, -0.2) is 9.59 Å². The SMILES string of the molecule is CC(C)COC(=O)NCC(=O)N[C@@H](Cc1ccccc1)C(=O)N[C@@H](CCCCN1C(=O)C=CC1=O)C(=O)OCC(C)C. The topological polar surface area (TPSA) is 160 Å². The summed E-state index contributed by atoms with van der Waals surface area (Å²) in [5.74, 6) is -2.39. The molecular weight excluding hydrogens is 544 g/mol. The number of nitrogens with zero attached hydrogens (tertiary/aromatic N) is 1. The van der Waals surface area contributed by atoms with E-state index in [-0.39, 0.29) is 56.3 Å². The molecule has 0 fully saturated rings. The molecular formula is C30H42N4O8. The molecule has 2 atom stereocenters. The Morgan fingerprint density at radius 3 is 2.05 bits per heavy atom. The van der Waals surface area contributed by atoms with Crippen molar-refractivity contribution in [3.05, 3.63) is 48.0 Å². The molecule has 12 nitrogen and oxygen atoms in total. The fourth-order valence-electron chi connectivity index (χ4n) is 3.89. The Kier molecular flexibility index (Phi) is 14.2. The van der Waals surface area contributed by atoms with E-state index in [1.54, 1.807) is 24.3 Å². The normalized spacial score (nSPS) is 14.1. The maximum absolute atomic E-state index is 13.4. The highest BCUT2D eigenvalue weighted by Crippen LogP contribution is 2.11. The molecule has 0 radical (unpaired) electrons. The summed E-state index contributed by atoms with van der Waals surface area (Å²) in [6, 6.07) is 6.96. The van der Waals surface area contributed by atoms with Crippen LogP contribution in [0.4, 0.5) is 4.79 Å². The molecule has 1 aliphatic heterocycles. The van der Waals surface area contributed by atoms with Gasteiger partial charge in [0.2, 0.25) is 11.8 Å². The van der Waals surface area contributed by atoms with Crippen molar-refractivity contribution < 1.29 is 38.2 Å². The van der Waals surface area contributed by atoms with E-state index in [2.05, 4.69) is 16.0 Å². The Hall–Kier alpha value is -4.22. The third-order valence-corrected chi connectivity index (χ3v) is 6.06. The van der Waals surface area contributed by atoms with Gasteiger partial charge in [0.15, 0.2) is 0 Å². The number of rotatable bonds is 17. The first-order valence-electron chi connectivity index (χ1n) is 14.2. The zero-order valence-corrected chi connectivity index (χ0v) is 24.7. The lowest BCUT2D eigenvalue weighted by Crippen LogP contribution is -2.54. The summed E-state index contributed by atoms with van der Waals surface area (Å²) in [5.41, 5.74) is 0.773. The van der Waals surface area contributed by atoms with Crippen molar-refractivity contribution in [1.29, 1.82) is 0 Å². The van der Waals surface area contributed by atoms with Crippen LogP contribution in [-0.4, -0.2) is 79.0 Å². The number of carbonyl (C=O) groups excluding carboxylic acids is 6. The van der Waals surface area contributed by atoms with E-state index in [0.29, 0.717) is 12.8 Å². The third-order valence-electron chi connectivity index (χ3n) is 6.06. The Labute approximate surface area is 246 Å². The van der Waals surface area contributed by atoms with Crippen LogP contribution in [0.2, 0.25) is 0 Å².